The maximum absolute atomic E-state index is 14.7. The van der Waals surface area contributed by atoms with Gasteiger partial charge in [-0.2, -0.15) is 0 Å². The van der Waals surface area contributed by atoms with Gasteiger partial charge in [0.25, 0.3) is 5.92 Å². The number of piperidine rings is 1. The summed E-state index contributed by atoms with van der Waals surface area (Å²) in [5.41, 5.74) is 0.289. The number of rotatable bonds is 5. The molecule has 1 aromatic heterocycles. The molecule has 0 unspecified atom stereocenters. The van der Waals surface area contributed by atoms with Crippen molar-refractivity contribution in [3.05, 3.63) is 36.4 Å². The number of aromatic nitrogens is 2. The number of likely N-dealkylation sites (tertiary alicyclic amines) is 1. The van der Waals surface area contributed by atoms with Gasteiger partial charge in [-0.3, -0.25) is 0 Å². The quantitative estimate of drug-likeness (QED) is 0.609. The van der Waals surface area contributed by atoms with Crippen LogP contribution in [0, 0.1) is 5.82 Å². The third-order valence-electron chi connectivity index (χ3n) is 5.57. The van der Waals surface area contributed by atoms with E-state index >= 15 is 0 Å². The third kappa shape index (κ3) is 3.92. The molecule has 0 radical (unpaired) electrons. The molecule has 1 saturated heterocycles. The zero-order chi connectivity index (χ0) is 23.9. The van der Waals surface area contributed by atoms with Crippen LogP contribution in [-0.4, -0.2) is 60.9 Å². The Morgan fingerprint density at radius 2 is 2.15 bits per heavy atom. The van der Waals surface area contributed by atoms with E-state index in [9.17, 15) is 13.2 Å². The Bertz CT molecular complexity index is 1230. The minimum absolute atomic E-state index is 0.0166. The first kappa shape index (κ1) is 20.2. The van der Waals surface area contributed by atoms with Gasteiger partial charge in [0.2, 0.25) is 6.79 Å². The topological polar surface area (TPSA) is 78.0 Å². The SMILES string of the molecule is [2H]COc1cc(O[C@@H]2CCN(C)CC2(F)F)c2c(Nc3c(F)ccc4c3OCO4)ncnc2c1. The van der Waals surface area contributed by atoms with E-state index in [0.29, 0.717) is 17.8 Å². The van der Waals surface area contributed by atoms with Crippen molar-refractivity contribution in [3.8, 4) is 23.0 Å². The molecule has 5 rings (SSSR count). The molecule has 3 aromatic rings. The van der Waals surface area contributed by atoms with Crippen LogP contribution in [0.1, 0.15) is 7.79 Å². The molecule has 11 heteroatoms. The van der Waals surface area contributed by atoms with Crippen LogP contribution in [0.25, 0.3) is 10.9 Å². The molecule has 0 aliphatic carbocycles. The monoisotopic (exact) mass is 463 g/mol. The first-order chi connectivity index (χ1) is 16.4. The zero-order valence-corrected chi connectivity index (χ0v) is 17.6. The van der Waals surface area contributed by atoms with Crippen LogP contribution in [0.2, 0.25) is 0 Å². The lowest BCUT2D eigenvalue weighted by molar-refractivity contribution is -0.134. The highest BCUT2D eigenvalue weighted by atomic mass is 19.3. The molecule has 3 heterocycles. The summed E-state index contributed by atoms with van der Waals surface area (Å²) in [5.74, 6) is -2.82. The number of methoxy groups -OCH3 is 1. The average molecular weight is 463 g/mol. The number of anilines is 2. The van der Waals surface area contributed by atoms with Crippen LogP contribution in [0.15, 0.2) is 30.6 Å². The van der Waals surface area contributed by atoms with Gasteiger partial charge in [-0.25, -0.2) is 23.1 Å². The van der Waals surface area contributed by atoms with Crippen LogP contribution in [0.5, 0.6) is 23.0 Å². The van der Waals surface area contributed by atoms with Crippen molar-refractivity contribution >= 4 is 22.4 Å². The highest BCUT2D eigenvalue weighted by Crippen LogP contribution is 2.44. The van der Waals surface area contributed by atoms with Crippen LogP contribution in [0.3, 0.4) is 0 Å². The van der Waals surface area contributed by atoms with Crippen LogP contribution < -0.4 is 24.3 Å². The predicted molar refractivity (Wildman–Crippen MR) is 113 cm³/mol. The molecule has 1 atom stereocenters. The Labute approximate surface area is 188 Å². The van der Waals surface area contributed by atoms with Gasteiger partial charge in [0.1, 0.15) is 29.3 Å². The first-order valence-electron chi connectivity index (χ1n) is 10.9. The van der Waals surface area contributed by atoms with E-state index in [0.717, 1.165) is 0 Å². The standard InChI is InChI=1S/C22H21F3N4O4/c1-29-6-5-17(22(24,25)9-29)33-16-8-12(30-2)7-14-18(16)21(27-10-26-14)28-19-13(23)3-4-15-20(19)32-11-31-15/h3-4,7-8,10,17H,5-6,9,11H2,1-2H3,(H,26,27,28)/t17-/m1/s1/i2D. The van der Waals surface area contributed by atoms with Gasteiger partial charge in [0, 0.05) is 25.1 Å². The lowest BCUT2D eigenvalue weighted by Crippen LogP contribution is -2.52. The molecule has 33 heavy (non-hydrogen) atoms. The predicted octanol–water partition coefficient (Wildman–Crippen LogP) is 3.97. The van der Waals surface area contributed by atoms with E-state index in [1.807, 2.05) is 0 Å². The zero-order valence-electron chi connectivity index (χ0n) is 18.6. The maximum Gasteiger partial charge on any atom is 0.296 e. The molecular weight excluding hydrogens is 441 g/mol. The normalized spacial score (nSPS) is 19.9. The fourth-order valence-electron chi connectivity index (χ4n) is 3.97. The smallest absolute Gasteiger partial charge is 0.296 e. The number of alkyl halides is 2. The molecule has 2 aliphatic heterocycles. The summed E-state index contributed by atoms with van der Waals surface area (Å²) in [5, 5.41) is 3.14. The Balaban J connectivity index is 1.60. The van der Waals surface area contributed by atoms with Gasteiger partial charge in [0.05, 0.1) is 25.9 Å². The largest absolute Gasteiger partial charge is 0.497 e. The van der Waals surface area contributed by atoms with Gasteiger partial charge < -0.3 is 29.2 Å². The van der Waals surface area contributed by atoms with Gasteiger partial charge in [-0.15, -0.1) is 0 Å². The maximum atomic E-state index is 14.7. The Kier molecular flexibility index (Phi) is 4.97. The number of hydrogen-bond donors (Lipinski definition) is 1. The van der Waals surface area contributed by atoms with Gasteiger partial charge in [0.15, 0.2) is 23.4 Å². The highest BCUT2D eigenvalue weighted by Gasteiger charge is 2.45. The number of benzene rings is 2. The van der Waals surface area contributed by atoms with E-state index in [1.165, 1.54) is 35.5 Å². The molecule has 174 valence electrons. The van der Waals surface area contributed by atoms with Gasteiger partial charge >= 0.3 is 0 Å². The Morgan fingerprint density at radius 3 is 2.97 bits per heavy atom. The lowest BCUT2D eigenvalue weighted by Gasteiger charge is -2.36. The average Bonchev–Trinajstić information content (AvgIpc) is 3.26. The molecule has 0 saturated carbocycles. The second kappa shape index (κ2) is 8.14. The summed E-state index contributed by atoms with van der Waals surface area (Å²) in [4.78, 5) is 9.95. The summed E-state index contributed by atoms with van der Waals surface area (Å²) in [6, 6.07) is 5.60. The molecule has 2 aliphatic rings. The number of hydrogen-bond acceptors (Lipinski definition) is 8. The van der Waals surface area contributed by atoms with E-state index in [4.69, 9.17) is 20.3 Å². The fourth-order valence-corrected chi connectivity index (χ4v) is 3.97. The minimum Gasteiger partial charge on any atom is -0.497 e. The molecule has 1 fully saturated rings. The Morgan fingerprint density at radius 1 is 1.27 bits per heavy atom. The van der Waals surface area contributed by atoms with Crippen molar-refractivity contribution in [1.29, 1.82) is 0 Å². The fraction of sp³-hybridized carbons (Fsp3) is 0.364. The summed E-state index contributed by atoms with van der Waals surface area (Å²) >= 11 is 0. The van der Waals surface area contributed by atoms with E-state index in [1.54, 1.807) is 7.05 Å². The highest BCUT2D eigenvalue weighted by molar-refractivity contribution is 5.97. The second-order valence-corrected chi connectivity index (χ2v) is 7.86. The number of fused-ring (bicyclic) bond motifs is 2. The van der Waals surface area contributed by atoms with Gasteiger partial charge in [-0.1, -0.05) is 0 Å². The summed E-state index contributed by atoms with van der Waals surface area (Å²) in [6.45, 7) is -0.0778. The molecule has 8 nitrogen and oxygen atoms in total. The molecule has 0 amide bonds. The molecule has 0 bridgehead atoms. The number of halogens is 3. The molecular formula is C22H21F3N4O4. The van der Waals surface area contributed by atoms with Crippen molar-refractivity contribution in [2.45, 2.75) is 18.4 Å². The summed E-state index contributed by atoms with van der Waals surface area (Å²) < 4.78 is 73.3. The minimum atomic E-state index is -3.10. The van der Waals surface area contributed by atoms with Crippen molar-refractivity contribution in [2.24, 2.45) is 0 Å². The third-order valence-corrected chi connectivity index (χ3v) is 5.57. The number of ether oxygens (including phenoxy) is 4. The van der Waals surface area contributed by atoms with Crippen LogP contribution in [-0.2, 0) is 0 Å². The van der Waals surface area contributed by atoms with Crippen molar-refractivity contribution < 1.29 is 33.5 Å². The van der Waals surface area contributed by atoms with E-state index in [2.05, 4.69) is 15.3 Å². The van der Waals surface area contributed by atoms with Crippen molar-refractivity contribution in [3.63, 3.8) is 0 Å². The van der Waals surface area contributed by atoms with Crippen molar-refractivity contribution in [2.75, 3.05) is 39.3 Å². The lowest BCUT2D eigenvalue weighted by atomic mass is 10.0. The van der Waals surface area contributed by atoms with E-state index in [-0.39, 0.29) is 54.4 Å². The molecule has 0 spiro atoms. The Hall–Kier alpha value is -3.47. The van der Waals surface area contributed by atoms with Crippen LogP contribution in [0.4, 0.5) is 24.7 Å². The van der Waals surface area contributed by atoms with Crippen LogP contribution >= 0.6 is 0 Å². The molecule has 1 N–H and O–H groups in total. The summed E-state index contributed by atoms with van der Waals surface area (Å²) in [6.07, 6.45) is -0.0703. The summed E-state index contributed by atoms with van der Waals surface area (Å²) in [7, 11) is 1.24. The van der Waals surface area contributed by atoms with E-state index < -0.39 is 24.4 Å². The van der Waals surface area contributed by atoms with Gasteiger partial charge in [-0.05, 0) is 19.2 Å². The number of nitrogens with one attached hydrogen (secondary N) is 1. The second-order valence-electron chi connectivity index (χ2n) is 7.86. The first-order valence-corrected chi connectivity index (χ1v) is 10.1. The number of nitrogens with zero attached hydrogens (tertiary/aromatic N) is 3. The van der Waals surface area contributed by atoms with Crippen molar-refractivity contribution in [1.82, 2.24) is 14.9 Å². The molecule has 2 aromatic carbocycles.